The lowest BCUT2D eigenvalue weighted by Gasteiger charge is -2.08. The molecule has 5 rings (SSSR count). The highest BCUT2D eigenvalue weighted by Gasteiger charge is 2.29. The van der Waals surface area contributed by atoms with Crippen molar-refractivity contribution in [2.75, 3.05) is 0 Å². The van der Waals surface area contributed by atoms with Gasteiger partial charge in [0.25, 0.3) is 0 Å². The number of halogens is 7. The van der Waals surface area contributed by atoms with E-state index in [1.807, 2.05) is 18.2 Å². The molecule has 4 nitrogen and oxygen atoms in total. The Morgan fingerprint density at radius 2 is 1.53 bits per heavy atom. The molecule has 4 aromatic carbocycles. The van der Waals surface area contributed by atoms with E-state index in [4.69, 9.17) is 27.6 Å². The van der Waals surface area contributed by atoms with Crippen LogP contribution in [0.2, 0.25) is 10.0 Å². The fraction of sp³-hybridized carbons (Fsp3) is 0.0370. The monoisotopic (exact) mass is 562 g/mol. The maximum absolute atomic E-state index is 14.2. The molecule has 192 valence electrons. The predicted octanol–water partition coefficient (Wildman–Crippen LogP) is 8.54. The van der Waals surface area contributed by atoms with Crippen LogP contribution in [-0.2, 0) is 6.42 Å². The lowest BCUT2D eigenvalue weighted by atomic mass is 10.0. The molecule has 0 aliphatic heterocycles. The molecule has 0 saturated carbocycles. The number of hydrogen-bond donors (Lipinski definition) is 1. The summed E-state index contributed by atoms with van der Waals surface area (Å²) in [6, 6.07) is 14.8. The average molecular weight is 563 g/mol. The molecule has 1 N–H and O–H groups in total. The molecule has 0 saturated heterocycles. The van der Waals surface area contributed by atoms with Crippen molar-refractivity contribution in [2.45, 2.75) is 6.42 Å². The van der Waals surface area contributed by atoms with Crippen LogP contribution in [0.5, 0.6) is 5.75 Å². The SMILES string of the molecule is Oc1c(Cl)cc(Cc2ccccc2Cl)cc1C=Nc1ccc2oc(-c3c(F)c(F)c(F)c(F)c3F)nc2c1. The number of aliphatic imine (C=N–C) groups is 1. The van der Waals surface area contributed by atoms with Gasteiger partial charge in [-0.1, -0.05) is 41.4 Å². The summed E-state index contributed by atoms with van der Waals surface area (Å²) in [5, 5.41) is 11.1. The van der Waals surface area contributed by atoms with Gasteiger partial charge in [-0.15, -0.1) is 0 Å². The number of fused-ring (bicyclic) bond motifs is 1. The highest BCUT2D eigenvalue weighted by atomic mass is 35.5. The van der Waals surface area contributed by atoms with Crippen LogP contribution in [0.4, 0.5) is 27.6 Å². The first kappa shape index (κ1) is 25.7. The van der Waals surface area contributed by atoms with E-state index >= 15 is 0 Å². The van der Waals surface area contributed by atoms with Crippen molar-refractivity contribution < 1.29 is 31.5 Å². The van der Waals surface area contributed by atoms with Gasteiger partial charge in [-0.3, -0.25) is 4.99 Å². The van der Waals surface area contributed by atoms with Crippen molar-refractivity contribution in [3.63, 3.8) is 0 Å². The van der Waals surface area contributed by atoms with Gasteiger partial charge in [-0.05, 0) is 53.9 Å². The Labute approximate surface area is 221 Å². The summed E-state index contributed by atoms with van der Waals surface area (Å²) in [5.74, 6) is -11.6. The molecule has 1 aromatic heterocycles. The second kappa shape index (κ2) is 10.1. The van der Waals surface area contributed by atoms with Crippen molar-refractivity contribution in [3.8, 4) is 17.2 Å². The van der Waals surface area contributed by atoms with Crippen molar-refractivity contribution >= 4 is 46.2 Å². The number of rotatable bonds is 5. The molecule has 0 amide bonds. The molecule has 1 heterocycles. The second-order valence-corrected chi connectivity index (χ2v) is 8.97. The fourth-order valence-corrected chi connectivity index (χ4v) is 4.23. The van der Waals surface area contributed by atoms with Gasteiger partial charge < -0.3 is 9.52 Å². The van der Waals surface area contributed by atoms with E-state index < -0.39 is 40.5 Å². The average Bonchev–Trinajstić information content (AvgIpc) is 3.31. The van der Waals surface area contributed by atoms with E-state index in [1.54, 1.807) is 18.2 Å². The van der Waals surface area contributed by atoms with Crippen molar-refractivity contribution in [3.05, 3.63) is 110 Å². The molecule has 5 aromatic rings. The summed E-state index contributed by atoms with van der Waals surface area (Å²) in [7, 11) is 0. The molecule has 0 atom stereocenters. The Kier molecular flexibility index (Phi) is 6.81. The lowest BCUT2D eigenvalue weighted by molar-refractivity contribution is 0.379. The number of nitrogens with zero attached hydrogens (tertiary/aromatic N) is 2. The number of oxazole rings is 1. The minimum Gasteiger partial charge on any atom is -0.506 e. The molecule has 0 radical (unpaired) electrons. The molecule has 0 aliphatic rings. The quantitative estimate of drug-likeness (QED) is 0.101. The van der Waals surface area contributed by atoms with Crippen LogP contribution in [0.15, 0.2) is 64.0 Å². The Bertz CT molecular complexity index is 1730. The number of aromatic hydroxyl groups is 1. The van der Waals surface area contributed by atoms with Crippen molar-refractivity contribution in [1.29, 1.82) is 0 Å². The van der Waals surface area contributed by atoms with Crippen LogP contribution < -0.4 is 0 Å². The van der Waals surface area contributed by atoms with E-state index in [2.05, 4.69) is 9.98 Å². The maximum Gasteiger partial charge on any atom is 0.233 e. The third-order valence-electron chi connectivity index (χ3n) is 5.65. The van der Waals surface area contributed by atoms with Crippen LogP contribution >= 0.6 is 23.2 Å². The first-order valence-electron chi connectivity index (χ1n) is 10.8. The van der Waals surface area contributed by atoms with Gasteiger partial charge in [0.15, 0.2) is 28.9 Å². The number of hydrogen-bond acceptors (Lipinski definition) is 4. The van der Waals surface area contributed by atoms with Crippen LogP contribution in [0.1, 0.15) is 16.7 Å². The highest BCUT2D eigenvalue weighted by Crippen LogP contribution is 2.34. The molecule has 0 unspecified atom stereocenters. The lowest BCUT2D eigenvalue weighted by Crippen LogP contribution is -2.04. The van der Waals surface area contributed by atoms with E-state index in [0.29, 0.717) is 22.7 Å². The molecule has 38 heavy (non-hydrogen) atoms. The smallest absolute Gasteiger partial charge is 0.233 e. The zero-order valence-electron chi connectivity index (χ0n) is 18.9. The van der Waals surface area contributed by atoms with E-state index in [-0.39, 0.29) is 21.9 Å². The van der Waals surface area contributed by atoms with Gasteiger partial charge in [0.05, 0.1) is 10.7 Å². The van der Waals surface area contributed by atoms with Gasteiger partial charge >= 0.3 is 0 Å². The van der Waals surface area contributed by atoms with Crippen LogP contribution in [0.3, 0.4) is 0 Å². The van der Waals surface area contributed by atoms with Crippen molar-refractivity contribution in [2.24, 2.45) is 4.99 Å². The molecular formula is C27H13Cl2F5N2O2. The molecular weight excluding hydrogens is 550 g/mol. The predicted molar refractivity (Wildman–Crippen MR) is 134 cm³/mol. The third kappa shape index (κ3) is 4.70. The first-order chi connectivity index (χ1) is 18.1. The second-order valence-electron chi connectivity index (χ2n) is 8.16. The Morgan fingerprint density at radius 3 is 2.24 bits per heavy atom. The topological polar surface area (TPSA) is 58.6 Å². The standard InChI is InChI=1S/C27H13Cl2F5N2O2/c28-16-4-2-1-3-13(16)7-12-8-14(26(37)17(29)9-12)11-35-15-5-6-19-18(10-15)36-27(38-19)20-21(30)23(32)25(34)24(33)22(20)31/h1-6,8-11,37H,7H2. The zero-order valence-corrected chi connectivity index (χ0v) is 20.4. The molecule has 11 heteroatoms. The summed E-state index contributed by atoms with van der Waals surface area (Å²) in [4.78, 5) is 8.16. The van der Waals surface area contributed by atoms with Gasteiger partial charge in [0, 0.05) is 16.8 Å². The largest absolute Gasteiger partial charge is 0.506 e. The van der Waals surface area contributed by atoms with Gasteiger partial charge in [0.1, 0.15) is 16.8 Å². The molecule has 0 fully saturated rings. The Balaban J connectivity index is 1.47. The highest BCUT2D eigenvalue weighted by molar-refractivity contribution is 6.32. The van der Waals surface area contributed by atoms with Gasteiger partial charge in [-0.2, -0.15) is 0 Å². The van der Waals surface area contributed by atoms with Crippen LogP contribution in [0, 0.1) is 29.1 Å². The third-order valence-corrected chi connectivity index (χ3v) is 6.31. The number of aromatic nitrogens is 1. The van der Waals surface area contributed by atoms with E-state index in [9.17, 15) is 27.1 Å². The van der Waals surface area contributed by atoms with Crippen molar-refractivity contribution in [1.82, 2.24) is 4.98 Å². The normalized spacial score (nSPS) is 11.7. The van der Waals surface area contributed by atoms with E-state index in [0.717, 1.165) is 11.1 Å². The summed E-state index contributed by atoms with van der Waals surface area (Å²) < 4.78 is 74.2. The number of phenols is 1. The minimum absolute atomic E-state index is 0.0236. The first-order valence-corrected chi connectivity index (χ1v) is 11.6. The summed E-state index contributed by atoms with van der Waals surface area (Å²) in [6.07, 6.45) is 1.80. The van der Waals surface area contributed by atoms with Crippen LogP contribution in [-0.4, -0.2) is 16.3 Å². The fourth-order valence-electron chi connectivity index (χ4n) is 3.78. The Morgan fingerprint density at radius 1 is 0.842 bits per heavy atom. The number of benzene rings is 4. The maximum atomic E-state index is 14.2. The summed E-state index contributed by atoms with van der Waals surface area (Å²) in [5.41, 5.74) is 1.02. The Hall–Kier alpha value is -3.95. The molecule has 0 spiro atoms. The minimum atomic E-state index is -2.28. The molecule has 0 aliphatic carbocycles. The summed E-state index contributed by atoms with van der Waals surface area (Å²) in [6.45, 7) is 0. The van der Waals surface area contributed by atoms with E-state index in [1.165, 1.54) is 24.4 Å². The molecule has 0 bridgehead atoms. The summed E-state index contributed by atoms with van der Waals surface area (Å²) >= 11 is 12.4. The zero-order chi connectivity index (χ0) is 27.1. The number of phenolic OH excluding ortho intramolecular Hbond substituents is 1. The van der Waals surface area contributed by atoms with Gasteiger partial charge in [0.2, 0.25) is 11.7 Å². The van der Waals surface area contributed by atoms with Gasteiger partial charge in [-0.25, -0.2) is 26.9 Å². The van der Waals surface area contributed by atoms with Crippen LogP contribution in [0.25, 0.3) is 22.6 Å².